The van der Waals surface area contributed by atoms with Crippen LogP contribution >= 0.6 is 0 Å². The highest BCUT2D eigenvalue weighted by Crippen LogP contribution is 2.26. The first-order valence-corrected chi connectivity index (χ1v) is 8.03. The second kappa shape index (κ2) is 8.16. The molecule has 0 spiro atoms. The van der Waals surface area contributed by atoms with Gasteiger partial charge in [-0.1, -0.05) is 18.2 Å². The lowest BCUT2D eigenvalue weighted by atomic mass is 10.1. The first-order valence-electron chi connectivity index (χ1n) is 8.03. The fourth-order valence-electron chi connectivity index (χ4n) is 2.59. The third kappa shape index (κ3) is 4.00. The van der Waals surface area contributed by atoms with Crippen molar-refractivity contribution in [1.29, 1.82) is 0 Å². The van der Waals surface area contributed by atoms with E-state index in [1.165, 1.54) is 18.2 Å². The first kappa shape index (κ1) is 17.5. The van der Waals surface area contributed by atoms with Crippen molar-refractivity contribution in [2.45, 2.75) is 6.54 Å². The number of rotatable bonds is 6. The minimum atomic E-state index is -0.332. The summed E-state index contributed by atoms with van der Waals surface area (Å²) in [4.78, 5) is 8.15. The van der Waals surface area contributed by atoms with Crippen molar-refractivity contribution in [2.75, 3.05) is 0 Å². The number of hydrogen-bond acceptors (Lipinski definition) is 3. The molecule has 130 valence electrons. The van der Waals surface area contributed by atoms with Gasteiger partial charge < -0.3 is 5.32 Å². The third-order valence-electron chi connectivity index (χ3n) is 3.90. The first-order chi connectivity index (χ1) is 12.7. The molecule has 0 fully saturated rings. The fraction of sp³-hybridized carbons (Fsp3) is 0.0476. The minimum Gasteiger partial charge on any atom is -0.379 e. The van der Waals surface area contributed by atoms with Crippen molar-refractivity contribution in [3.05, 3.63) is 101 Å². The van der Waals surface area contributed by atoms with E-state index >= 15 is 0 Å². The van der Waals surface area contributed by atoms with Crippen LogP contribution in [0, 0.1) is 11.6 Å². The maximum absolute atomic E-state index is 13.9. The molecule has 0 saturated carbocycles. The van der Waals surface area contributed by atoms with E-state index in [4.69, 9.17) is 0 Å². The topological polar surface area (TPSA) is 37.3 Å². The lowest BCUT2D eigenvalue weighted by molar-refractivity contribution is 0.605. The quantitative estimate of drug-likeness (QED) is 0.656. The van der Waals surface area contributed by atoms with E-state index in [1.54, 1.807) is 42.7 Å². The molecular weight excluding hydrogens is 332 g/mol. The predicted octanol–water partition coefficient (Wildman–Crippen LogP) is 4.68. The van der Waals surface area contributed by atoms with E-state index in [0.29, 0.717) is 22.5 Å². The average Bonchev–Trinajstić information content (AvgIpc) is 2.68. The van der Waals surface area contributed by atoms with Crippen molar-refractivity contribution < 1.29 is 8.78 Å². The standard InChI is InChI=1S/C21H17F2N3/c1-24-20(15-6-8-18(22)9-7-15)21(16-10-12-25-13-11-16)26-14-17-4-2-3-5-19(17)23/h2-13,26H,1,14H2/b21-20-. The number of nitrogens with zero attached hydrogens (tertiary/aromatic N) is 2. The molecule has 0 aliphatic rings. The molecule has 0 unspecified atom stereocenters. The molecule has 5 heteroatoms. The Hall–Kier alpha value is -3.34. The van der Waals surface area contributed by atoms with E-state index in [-0.39, 0.29) is 18.2 Å². The van der Waals surface area contributed by atoms with Gasteiger partial charge in [0.05, 0.1) is 11.4 Å². The molecule has 0 amide bonds. The van der Waals surface area contributed by atoms with Crippen LogP contribution in [0.2, 0.25) is 0 Å². The van der Waals surface area contributed by atoms with Crippen molar-refractivity contribution in [1.82, 2.24) is 10.3 Å². The van der Waals surface area contributed by atoms with E-state index < -0.39 is 0 Å². The van der Waals surface area contributed by atoms with Crippen molar-refractivity contribution in [2.24, 2.45) is 4.99 Å². The van der Waals surface area contributed by atoms with Gasteiger partial charge in [-0.05, 0) is 49.2 Å². The summed E-state index contributed by atoms with van der Waals surface area (Å²) in [6.45, 7) is 3.92. The highest BCUT2D eigenvalue weighted by atomic mass is 19.1. The molecule has 0 bridgehead atoms. The maximum atomic E-state index is 13.9. The van der Waals surface area contributed by atoms with Crippen LogP contribution in [-0.2, 0) is 6.54 Å². The number of benzene rings is 2. The molecule has 0 atom stereocenters. The van der Waals surface area contributed by atoms with E-state index in [2.05, 4.69) is 22.0 Å². The molecule has 0 radical (unpaired) electrons. The molecule has 0 saturated heterocycles. The Morgan fingerprint density at radius 1 is 0.923 bits per heavy atom. The molecular formula is C21H17F2N3. The highest BCUT2D eigenvalue weighted by molar-refractivity contribution is 5.90. The van der Waals surface area contributed by atoms with Crippen molar-refractivity contribution in [3.8, 4) is 0 Å². The van der Waals surface area contributed by atoms with Gasteiger partial charge in [-0.2, -0.15) is 0 Å². The molecule has 3 nitrogen and oxygen atoms in total. The molecule has 0 aliphatic heterocycles. The third-order valence-corrected chi connectivity index (χ3v) is 3.90. The van der Waals surface area contributed by atoms with Gasteiger partial charge in [-0.25, -0.2) is 8.78 Å². The Morgan fingerprint density at radius 3 is 2.27 bits per heavy atom. The van der Waals surface area contributed by atoms with Crippen LogP contribution in [-0.4, -0.2) is 11.7 Å². The summed E-state index contributed by atoms with van der Waals surface area (Å²) >= 11 is 0. The Kier molecular flexibility index (Phi) is 5.49. The van der Waals surface area contributed by atoms with Crippen molar-refractivity contribution in [3.63, 3.8) is 0 Å². The van der Waals surface area contributed by atoms with Gasteiger partial charge in [-0.3, -0.25) is 9.98 Å². The summed E-state index contributed by atoms with van der Waals surface area (Å²) in [5.74, 6) is -0.620. The number of nitrogens with one attached hydrogen (secondary N) is 1. The van der Waals surface area contributed by atoms with E-state index in [1.807, 2.05) is 12.1 Å². The highest BCUT2D eigenvalue weighted by Gasteiger charge is 2.12. The zero-order valence-corrected chi connectivity index (χ0v) is 14.0. The van der Waals surface area contributed by atoms with Gasteiger partial charge in [0, 0.05) is 35.6 Å². The minimum absolute atomic E-state index is 0.268. The summed E-state index contributed by atoms with van der Waals surface area (Å²) in [5, 5.41) is 3.24. The van der Waals surface area contributed by atoms with Gasteiger partial charge in [0.1, 0.15) is 11.6 Å². The lowest BCUT2D eigenvalue weighted by Crippen LogP contribution is -2.14. The van der Waals surface area contributed by atoms with Gasteiger partial charge in [0.2, 0.25) is 0 Å². The molecule has 2 aromatic carbocycles. The number of aliphatic imine (C=N–C) groups is 1. The molecule has 1 N–H and O–H groups in total. The average molecular weight is 349 g/mol. The zero-order valence-electron chi connectivity index (χ0n) is 14.0. The van der Waals surface area contributed by atoms with Crippen LogP contribution in [0.1, 0.15) is 16.7 Å². The zero-order chi connectivity index (χ0) is 18.4. The summed E-state index contributed by atoms with van der Waals surface area (Å²) in [7, 11) is 0. The summed E-state index contributed by atoms with van der Waals surface area (Å²) in [5.41, 5.74) is 3.27. The monoisotopic (exact) mass is 349 g/mol. The molecule has 1 heterocycles. The van der Waals surface area contributed by atoms with Crippen molar-refractivity contribution >= 4 is 18.1 Å². The molecule has 1 aromatic heterocycles. The summed E-state index contributed by atoms with van der Waals surface area (Å²) < 4.78 is 27.2. The number of halogens is 2. The van der Waals surface area contributed by atoms with Crippen LogP contribution in [0.3, 0.4) is 0 Å². The van der Waals surface area contributed by atoms with Gasteiger partial charge in [0.15, 0.2) is 0 Å². The number of aromatic nitrogens is 1. The number of pyridine rings is 1. The van der Waals surface area contributed by atoms with Crippen LogP contribution in [0.15, 0.2) is 78.0 Å². The number of hydrogen-bond donors (Lipinski definition) is 1. The van der Waals surface area contributed by atoms with Crippen LogP contribution in [0.4, 0.5) is 8.78 Å². The normalized spacial score (nSPS) is 11.6. The molecule has 26 heavy (non-hydrogen) atoms. The Morgan fingerprint density at radius 2 is 1.62 bits per heavy atom. The maximum Gasteiger partial charge on any atom is 0.128 e. The predicted molar refractivity (Wildman–Crippen MR) is 100 cm³/mol. The van der Waals surface area contributed by atoms with E-state index in [0.717, 1.165) is 5.56 Å². The Bertz CT molecular complexity index is 920. The SMILES string of the molecule is C=N/C(=C(\NCc1ccccc1F)c1ccncc1)c1ccc(F)cc1. The Labute approximate surface area is 150 Å². The van der Waals surface area contributed by atoms with E-state index in [9.17, 15) is 8.78 Å². The summed E-state index contributed by atoms with van der Waals surface area (Å²) in [6, 6.07) is 16.2. The Balaban J connectivity index is 2.03. The van der Waals surface area contributed by atoms with Gasteiger partial charge >= 0.3 is 0 Å². The smallest absolute Gasteiger partial charge is 0.128 e. The second-order valence-corrected chi connectivity index (χ2v) is 5.57. The molecule has 3 rings (SSSR count). The lowest BCUT2D eigenvalue weighted by Gasteiger charge is -2.16. The summed E-state index contributed by atoms with van der Waals surface area (Å²) in [6.07, 6.45) is 3.32. The van der Waals surface area contributed by atoms with Crippen LogP contribution in [0.25, 0.3) is 11.4 Å². The molecule has 3 aromatic rings. The second-order valence-electron chi connectivity index (χ2n) is 5.57. The van der Waals surface area contributed by atoms with Crippen LogP contribution < -0.4 is 5.32 Å². The van der Waals surface area contributed by atoms with Crippen LogP contribution in [0.5, 0.6) is 0 Å². The largest absolute Gasteiger partial charge is 0.379 e. The van der Waals surface area contributed by atoms with Gasteiger partial charge in [0.25, 0.3) is 0 Å². The fourth-order valence-corrected chi connectivity index (χ4v) is 2.59. The van der Waals surface area contributed by atoms with Gasteiger partial charge in [-0.15, -0.1) is 0 Å². The molecule has 0 aliphatic carbocycles.